The van der Waals surface area contributed by atoms with Gasteiger partial charge in [0.05, 0.1) is 26.9 Å². The predicted molar refractivity (Wildman–Crippen MR) is 118 cm³/mol. The van der Waals surface area contributed by atoms with E-state index in [9.17, 15) is 56.3 Å². The van der Waals surface area contributed by atoms with Crippen LogP contribution in [0.5, 0.6) is 0 Å². The second-order valence-corrected chi connectivity index (χ2v) is 9.40. The van der Waals surface area contributed by atoms with Crippen molar-refractivity contribution in [1.29, 1.82) is 0 Å². The van der Waals surface area contributed by atoms with Gasteiger partial charge in [0, 0.05) is 0 Å². The molecule has 3 rings (SSSR count). The van der Waals surface area contributed by atoms with Crippen molar-refractivity contribution in [2.24, 2.45) is 0 Å². The molecule has 16 unspecified atom stereocenters. The van der Waals surface area contributed by atoms with Crippen LogP contribution in [0.4, 0.5) is 0 Å². The van der Waals surface area contributed by atoms with Crippen molar-refractivity contribution in [3.8, 4) is 0 Å². The highest BCUT2D eigenvalue weighted by molar-refractivity contribution is 4.95. The first kappa shape index (κ1) is 32.8. The highest BCUT2D eigenvalue weighted by Crippen LogP contribution is 2.30. The lowest BCUT2D eigenvalue weighted by Crippen LogP contribution is -3.11. The maximum atomic E-state index is 11.1. The van der Waals surface area contributed by atoms with Crippen LogP contribution in [0.15, 0.2) is 0 Å². The van der Waals surface area contributed by atoms with Crippen molar-refractivity contribution in [1.82, 2.24) is 5.43 Å². The van der Waals surface area contributed by atoms with Gasteiger partial charge < -0.3 is 84.7 Å². The minimum atomic E-state index is -1.91. The minimum Gasteiger partial charge on any atom is -0.613 e. The molecular formula is C20H38N2O17. The minimum absolute atomic E-state index is 0.400. The SMILES string of the molecule is C[NH+]([O-])NCOC1OC(CO)C(O)C(OC2OC(COC3OC(CO)C(O)C(O)C3O)C(O)C(O)C2O)C1O. The molecule has 0 spiro atoms. The molecule has 3 heterocycles. The van der Waals surface area contributed by atoms with Crippen molar-refractivity contribution >= 4 is 0 Å². The molecule has 19 nitrogen and oxygen atoms in total. The largest absolute Gasteiger partial charge is 0.613 e. The monoisotopic (exact) mass is 578 g/mol. The second kappa shape index (κ2) is 14.4. The summed E-state index contributed by atoms with van der Waals surface area (Å²) in [5, 5.41) is 112. The second-order valence-electron chi connectivity index (χ2n) is 9.40. The van der Waals surface area contributed by atoms with Crippen LogP contribution in [-0.4, -0.2) is 177 Å². The molecule has 0 aromatic rings. The van der Waals surface area contributed by atoms with Crippen LogP contribution < -0.4 is 10.6 Å². The molecule has 0 amide bonds. The van der Waals surface area contributed by atoms with E-state index in [0.717, 1.165) is 0 Å². The maximum absolute atomic E-state index is 11.1. The Kier molecular flexibility index (Phi) is 12.1. The fourth-order valence-electron chi connectivity index (χ4n) is 4.29. The Morgan fingerprint density at radius 3 is 1.69 bits per heavy atom. The van der Waals surface area contributed by atoms with Gasteiger partial charge in [-0.2, -0.15) is 0 Å². The normalized spacial score (nSPS) is 48.2. The first-order valence-corrected chi connectivity index (χ1v) is 12.2. The number of ether oxygens (including phenoxy) is 6. The molecule has 0 aliphatic carbocycles. The number of hydroxylamine groups is 1. The van der Waals surface area contributed by atoms with Gasteiger partial charge in [0.1, 0.15) is 80.0 Å². The van der Waals surface area contributed by atoms with Gasteiger partial charge in [0.15, 0.2) is 18.9 Å². The molecule has 230 valence electrons. The van der Waals surface area contributed by atoms with Gasteiger partial charge in [-0.25, -0.2) is 0 Å². The Morgan fingerprint density at radius 2 is 1.13 bits per heavy atom. The highest BCUT2D eigenvalue weighted by atomic mass is 16.8. The van der Waals surface area contributed by atoms with E-state index in [1.807, 2.05) is 0 Å². The summed E-state index contributed by atoms with van der Waals surface area (Å²) >= 11 is 0. The van der Waals surface area contributed by atoms with Crippen molar-refractivity contribution in [2.45, 2.75) is 92.1 Å². The van der Waals surface area contributed by atoms with E-state index in [1.54, 1.807) is 0 Å². The van der Waals surface area contributed by atoms with E-state index in [-0.39, 0.29) is 0 Å². The lowest BCUT2D eigenvalue weighted by atomic mass is 9.97. The van der Waals surface area contributed by atoms with Crippen LogP contribution in [-0.2, 0) is 28.4 Å². The smallest absolute Gasteiger partial charge is 0.188 e. The summed E-state index contributed by atoms with van der Waals surface area (Å²) in [5.41, 5.74) is 2.30. The van der Waals surface area contributed by atoms with Crippen molar-refractivity contribution in [3.63, 3.8) is 0 Å². The molecule has 0 bridgehead atoms. The van der Waals surface area contributed by atoms with E-state index in [1.165, 1.54) is 7.05 Å². The highest BCUT2D eigenvalue weighted by Gasteiger charge is 2.51. The number of aliphatic hydroxyl groups excluding tert-OH is 10. The quantitative estimate of drug-likeness (QED) is 0.0800. The fourth-order valence-corrected chi connectivity index (χ4v) is 4.29. The summed E-state index contributed by atoms with van der Waals surface area (Å²) < 4.78 is 32.1. The average molecular weight is 579 g/mol. The van der Waals surface area contributed by atoms with E-state index in [2.05, 4.69) is 5.43 Å². The Morgan fingerprint density at radius 1 is 0.641 bits per heavy atom. The van der Waals surface area contributed by atoms with E-state index >= 15 is 0 Å². The summed E-state index contributed by atoms with van der Waals surface area (Å²) in [6, 6.07) is 0. The summed E-state index contributed by atoms with van der Waals surface area (Å²) in [6.45, 7) is -2.48. The van der Waals surface area contributed by atoms with E-state index < -0.39 is 124 Å². The van der Waals surface area contributed by atoms with Crippen LogP contribution in [0.3, 0.4) is 0 Å². The molecule has 39 heavy (non-hydrogen) atoms. The van der Waals surface area contributed by atoms with Gasteiger partial charge in [-0.05, 0) is 0 Å². The first-order valence-electron chi connectivity index (χ1n) is 12.2. The molecule has 3 fully saturated rings. The lowest BCUT2D eigenvalue weighted by molar-refractivity contribution is -0.878. The molecule has 12 N–H and O–H groups in total. The Hall–Kier alpha value is -0.760. The molecule has 16 atom stereocenters. The number of quaternary nitrogens is 1. The Labute approximate surface area is 221 Å². The molecule has 19 heteroatoms. The standard InChI is InChI=1S/C20H38N2O17/c1-22(33)21-5-35-19-16(32)17(11(27)7(3-24)37-19)39-20-15(31)13(29)10(26)8(38-20)4-34-18-14(30)12(28)9(25)6(2-23)36-18/h6-32H,2-5H2,1H3. The fraction of sp³-hybridized carbons (Fsp3) is 1.00. The third-order valence-corrected chi connectivity index (χ3v) is 6.62. The van der Waals surface area contributed by atoms with Gasteiger partial charge in [0.25, 0.3) is 0 Å². The molecule has 3 saturated heterocycles. The number of hydrogen-bond donors (Lipinski definition) is 12. The van der Waals surface area contributed by atoms with Gasteiger partial charge >= 0.3 is 0 Å². The molecule has 0 aromatic heterocycles. The first-order chi connectivity index (χ1) is 18.4. The third-order valence-electron chi connectivity index (χ3n) is 6.62. The molecular weight excluding hydrogens is 540 g/mol. The van der Waals surface area contributed by atoms with Crippen LogP contribution >= 0.6 is 0 Å². The molecule has 0 radical (unpaired) electrons. The molecule has 3 aliphatic heterocycles. The van der Waals surface area contributed by atoms with Crippen molar-refractivity contribution < 1.29 is 84.7 Å². The number of aliphatic hydroxyl groups is 10. The number of hydrogen-bond acceptors (Lipinski definition) is 18. The summed E-state index contributed by atoms with van der Waals surface area (Å²) in [7, 11) is 1.22. The predicted octanol–water partition coefficient (Wildman–Crippen LogP) is -9.07. The topological polar surface area (TPSA) is 297 Å². The lowest BCUT2D eigenvalue weighted by Gasteiger charge is -2.46. The van der Waals surface area contributed by atoms with E-state index in [4.69, 9.17) is 28.4 Å². The van der Waals surface area contributed by atoms with E-state index in [0.29, 0.717) is 0 Å². The number of rotatable bonds is 11. The zero-order valence-electron chi connectivity index (χ0n) is 20.8. The Bertz CT molecular complexity index is 738. The summed E-state index contributed by atoms with van der Waals surface area (Å²) in [6.07, 6.45) is -24.7. The van der Waals surface area contributed by atoms with Gasteiger partial charge in [0.2, 0.25) is 0 Å². The molecule has 0 aromatic carbocycles. The average Bonchev–Trinajstić information content (AvgIpc) is 2.90. The van der Waals surface area contributed by atoms with Crippen LogP contribution in [0.2, 0.25) is 0 Å². The van der Waals surface area contributed by atoms with Gasteiger partial charge in [-0.15, -0.1) is 5.43 Å². The zero-order chi connectivity index (χ0) is 29.0. The number of nitrogens with one attached hydrogen (secondary N) is 2. The van der Waals surface area contributed by atoms with Crippen molar-refractivity contribution in [3.05, 3.63) is 5.21 Å². The van der Waals surface area contributed by atoms with Gasteiger partial charge in [-0.3, -0.25) is 5.17 Å². The van der Waals surface area contributed by atoms with Crippen LogP contribution in [0.1, 0.15) is 0 Å². The maximum Gasteiger partial charge on any atom is 0.188 e. The Balaban J connectivity index is 1.67. The van der Waals surface area contributed by atoms with Crippen molar-refractivity contribution in [2.75, 3.05) is 33.6 Å². The summed E-state index contributed by atoms with van der Waals surface area (Å²) in [4.78, 5) is 0. The van der Waals surface area contributed by atoms with Crippen LogP contribution in [0, 0.1) is 5.21 Å². The van der Waals surface area contributed by atoms with Crippen LogP contribution in [0.25, 0.3) is 0 Å². The third kappa shape index (κ3) is 7.55. The molecule has 3 aliphatic rings. The zero-order valence-corrected chi connectivity index (χ0v) is 20.8. The molecule has 0 saturated carbocycles. The summed E-state index contributed by atoms with van der Waals surface area (Å²) in [5.74, 6) is 0. The van der Waals surface area contributed by atoms with Gasteiger partial charge in [-0.1, -0.05) is 0 Å².